The van der Waals surface area contributed by atoms with Gasteiger partial charge in [0.2, 0.25) is 0 Å². The molecule has 4 rings (SSSR count). The van der Waals surface area contributed by atoms with Gasteiger partial charge in [-0.3, -0.25) is 0 Å². The molecule has 0 aliphatic heterocycles. The maximum Gasteiger partial charge on any atom is 0.114 e. The molecule has 124 valence electrons. The van der Waals surface area contributed by atoms with Gasteiger partial charge in [0.25, 0.3) is 0 Å². The minimum Gasteiger partial charge on any atom is -0.323 e. The number of halogens is 1. The van der Waals surface area contributed by atoms with E-state index in [2.05, 4.69) is 66.1 Å². The topological polar surface area (TPSA) is 17.8 Å². The van der Waals surface area contributed by atoms with Crippen molar-refractivity contribution in [2.75, 3.05) is 0 Å². The summed E-state index contributed by atoms with van der Waals surface area (Å²) < 4.78 is 2.31. The van der Waals surface area contributed by atoms with Crippen LogP contribution in [-0.2, 0) is 13.0 Å². The molecule has 0 radical (unpaired) electrons. The Kier molecular flexibility index (Phi) is 4.29. The second-order valence-electron chi connectivity index (χ2n) is 6.39. The van der Waals surface area contributed by atoms with Crippen LogP contribution in [-0.4, -0.2) is 9.55 Å². The summed E-state index contributed by atoms with van der Waals surface area (Å²) in [4.78, 5) is 4.87. The lowest BCUT2D eigenvalue weighted by Gasteiger charge is -2.10. The zero-order valence-corrected chi connectivity index (χ0v) is 14.9. The van der Waals surface area contributed by atoms with E-state index in [-0.39, 0.29) is 0 Å². The molecular weight excluding hydrogens is 328 g/mol. The molecular formula is C22H19ClN2. The minimum absolute atomic E-state index is 0.761. The van der Waals surface area contributed by atoms with Crippen LogP contribution in [0.4, 0.5) is 0 Å². The molecule has 0 N–H and O–H groups in total. The Morgan fingerprint density at radius 1 is 0.840 bits per heavy atom. The van der Waals surface area contributed by atoms with Gasteiger partial charge in [0.05, 0.1) is 11.0 Å². The van der Waals surface area contributed by atoms with E-state index in [0.717, 1.165) is 29.3 Å². The number of imidazole rings is 1. The highest BCUT2D eigenvalue weighted by atomic mass is 35.5. The number of aryl methyl sites for hydroxylation is 1. The van der Waals surface area contributed by atoms with Gasteiger partial charge in [0.15, 0.2) is 0 Å². The summed E-state index contributed by atoms with van der Waals surface area (Å²) in [5.74, 6) is 1.07. The summed E-state index contributed by atoms with van der Waals surface area (Å²) in [5.41, 5.74) is 5.99. The van der Waals surface area contributed by atoms with E-state index < -0.39 is 0 Å². The molecule has 0 saturated carbocycles. The SMILES string of the molecule is Cc1ccc(Cn2c(Cc3ccc(Cl)cc3)nc3ccccc32)cc1. The van der Waals surface area contributed by atoms with Crippen LogP contribution < -0.4 is 0 Å². The van der Waals surface area contributed by atoms with E-state index in [0.29, 0.717) is 0 Å². The first-order valence-electron chi connectivity index (χ1n) is 8.43. The maximum absolute atomic E-state index is 6.01. The Bertz CT molecular complexity index is 999. The van der Waals surface area contributed by atoms with E-state index >= 15 is 0 Å². The third kappa shape index (κ3) is 3.45. The first-order valence-corrected chi connectivity index (χ1v) is 8.81. The highest BCUT2D eigenvalue weighted by Crippen LogP contribution is 2.21. The number of hydrogen-bond donors (Lipinski definition) is 0. The lowest BCUT2D eigenvalue weighted by atomic mass is 10.1. The fourth-order valence-electron chi connectivity index (χ4n) is 3.10. The van der Waals surface area contributed by atoms with Crippen LogP contribution >= 0.6 is 11.6 Å². The second kappa shape index (κ2) is 6.73. The van der Waals surface area contributed by atoms with E-state index in [9.17, 15) is 0 Å². The normalized spacial score (nSPS) is 11.1. The van der Waals surface area contributed by atoms with Gasteiger partial charge in [-0.05, 0) is 42.3 Å². The van der Waals surface area contributed by atoms with Crippen molar-refractivity contribution < 1.29 is 0 Å². The maximum atomic E-state index is 6.01. The van der Waals surface area contributed by atoms with E-state index in [4.69, 9.17) is 16.6 Å². The van der Waals surface area contributed by atoms with Gasteiger partial charge >= 0.3 is 0 Å². The quantitative estimate of drug-likeness (QED) is 0.467. The summed E-state index contributed by atoms with van der Waals surface area (Å²) in [7, 11) is 0. The standard InChI is InChI=1S/C22H19ClN2/c1-16-6-8-18(9-7-16)15-25-21-5-3-2-4-20(21)24-22(25)14-17-10-12-19(23)13-11-17/h2-13H,14-15H2,1H3. The van der Waals surface area contributed by atoms with E-state index in [1.165, 1.54) is 22.2 Å². The molecule has 0 saturated heterocycles. The molecule has 25 heavy (non-hydrogen) atoms. The third-order valence-electron chi connectivity index (χ3n) is 4.47. The summed E-state index contributed by atoms with van der Waals surface area (Å²) >= 11 is 6.01. The lowest BCUT2D eigenvalue weighted by Crippen LogP contribution is -2.06. The molecule has 0 bridgehead atoms. The average Bonchev–Trinajstić information content (AvgIpc) is 2.96. The predicted molar refractivity (Wildman–Crippen MR) is 104 cm³/mol. The summed E-state index contributed by atoms with van der Waals surface area (Å²) in [6.45, 7) is 2.94. The number of benzene rings is 3. The third-order valence-corrected chi connectivity index (χ3v) is 4.72. The zero-order chi connectivity index (χ0) is 17.2. The van der Waals surface area contributed by atoms with Crippen molar-refractivity contribution >= 4 is 22.6 Å². The molecule has 3 aromatic carbocycles. The fraction of sp³-hybridized carbons (Fsp3) is 0.136. The summed E-state index contributed by atoms with van der Waals surface area (Å²) in [6, 6.07) is 25.0. The molecule has 0 amide bonds. The number of para-hydroxylation sites is 2. The van der Waals surface area contributed by atoms with Crippen molar-refractivity contribution in [1.82, 2.24) is 9.55 Å². The van der Waals surface area contributed by atoms with Crippen LogP contribution in [0.5, 0.6) is 0 Å². The number of aromatic nitrogens is 2. The van der Waals surface area contributed by atoms with Crippen LogP contribution in [0.25, 0.3) is 11.0 Å². The average molecular weight is 347 g/mol. The van der Waals surface area contributed by atoms with Crippen LogP contribution in [0, 0.1) is 6.92 Å². The van der Waals surface area contributed by atoms with Crippen LogP contribution in [0.3, 0.4) is 0 Å². The Balaban J connectivity index is 1.74. The van der Waals surface area contributed by atoms with Gasteiger partial charge in [0.1, 0.15) is 5.82 Å². The van der Waals surface area contributed by atoms with Crippen molar-refractivity contribution in [2.24, 2.45) is 0 Å². The van der Waals surface area contributed by atoms with Gasteiger partial charge in [-0.25, -0.2) is 4.98 Å². The molecule has 0 fully saturated rings. The molecule has 0 spiro atoms. The monoisotopic (exact) mass is 346 g/mol. The fourth-order valence-corrected chi connectivity index (χ4v) is 3.22. The van der Waals surface area contributed by atoms with E-state index in [1.807, 2.05) is 18.2 Å². The van der Waals surface area contributed by atoms with Crippen LogP contribution in [0.15, 0.2) is 72.8 Å². The molecule has 2 nitrogen and oxygen atoms in total. The first-order chi connectivity index (χ1) is 12.2. The lowest BCUT2D eigenvalue weighted by molar-refractivity contribution is 0.762. The van der Waals surface area contributed by atoms with Gasteiger partial charge < -0.3 is 4.57 Å². The number of nitrogens with zero attached hydrogens (tertiary/aromatic N) is 2. The Hall–Kier alpha value is -2.58. The smallest absolute Gasteiger partial charge is 0.114 e. The number of hydrogen-bond acceptors (Lipinski definition) is 1. The zero-order valence-electron chi connectivity index (χ0n) is 14.1. The Morgan fingerprint density at radius 3 is 2.28 bits per heavy atom. The van der Waals surface area contributed by atoms with Crippen molar-refractivity contribution in [3.05, 3.63) is 100 Å². The molecule has 0 atom stereocenters. The minimum atomic E-state index is 0.761. The van der Waals surface area contributed by atoms with Crippen molar-refractivity contribution in [1.29, 1.82) is 0 Å². The second-order valence-corrected chi connectivity index (χ2v) is 6.83. The largest absolute Gasteiger partial charge is 0.323 e. The van der Waals surface area contributed by atoms with E-state index in [1.54, 1.807) is 0 Å². The molecule has 1 heterocycles. The van der Waals surface area contributed by atoms with Crippen LogP contribution in [0.1, 0.15) is 22.5 Å². The van der Waals surface area contributed by atoms with Gasteiger partial charge in [-0.15, -0.1) is 0 Å². The van der Waals surface area contributed by atoms with Crippen molar-refractivity contribution in [3.63, 3.8) is 0 Å². The van der Waals surface area contributed by atoms with Gasteiger partial charge in [0, 0.05) is 18.0 Å². The molecule has 1 aromatic heterocycles. The molecule has 0 aliphatic carbocycles. The summed E-state index contributed by atoms with van der Waals surface area (Å²) in [6.07, 6.45) is 0.789. The molecule has 3 heteroatoms. The molecule has 0 unspecified atom stereocenters. The number of fused-ring (bicyclic) bond motifs is 1. The first kappa shape index (κ1) is 15.9. The highest BCUT2D eigenvalue weighted by Gasteiger charge is 2.11. The molecule has 4 aromatic rings. The highest BCUT2D eigenvalue weighted by molar-refractivity contribution is 6.30. The van der Waals surface area contributed by atoms with Crippen molar-refractivity contribution in [2.45, 2.75) is 19.9 Å². The Morgan fingerprint density at radius 2 is 1.52 bits per heavy atom. The molecule has 0 aliphatic rings. The predicted octanol–water partition coefficient (Wildman–Crippen LogP) is 5.64. The summed E-state index contributed by atoms with van der Waals surface area (Å²) in [5, 5.41) is 0.761. The van der Waals surface area contributed by atoms with Gasteiger partial charge in [-0.2, -0.15) is 0 Å². The van der Waals surface area contributed by atoms with Crippen molar-refractivity contribution in [3.8, 4) is 0 Å². The van der Waals surface area contributed by atoms with Gasteiger partial charge in [-0.1, -0.05) is 65.7 Å². The number of rotatable bonds is 4. The Labute approximate surface area is 152 Å². The van der Waals surface area contributed by atoms with Crippen LogP contribution in [0.2, 0.25) is 5.02 Å².